The second-order valence-electron chi connectivity index (χ2n) is 2.19. The summed E-state index contributed by atoms with van der Waals surface area (Å²) in [5.74, 6) is 0. The fraction of sp³-hybridized carbons (Fsp3) is 0.125. The SMILES string of the molecule is N#Cc1c(C(F)F)ccnc1C=O. The van der Waals surface area contributed by atoms with Crippen LogP contribution in [0.1, 0.15) is 28.0 Å². The van der Waals surface area contributed by atoms with Crippen molar-refractivity contribution >= 4 is 6.29 Å². The van der Waals surface area contributed by atoms with E-state index in [2.05, 4.69) is 4.98 Å². The number of pyridine rings is 1. The predicted molar refractivity (Wildman–Crippen MR) is 39.3 cm³/mol. The fourth-order valence-corrected chi connectivity index (χ4v) is 0.887. The molecule has 0 spiro atoms. The van der Waals surface area contributed by atoms with Crippen molar-refractivity contribution in [2.75, 3.05) is 0 Å². The first-order chi connectivity index (χ1) is 6.20. The molecule has 0 aliphatic heterocycles. The van der Waals surface area contributed by atoms with Gasteiger partial charge in [0.25, 0.3) is 6.43 Å². The number of nitrogens with zero attached hydrogens (tertiary/aromatic N) is 2. The van der Waals surface area contributed by atoms with E-state index in [9.17, 15) is 13.6 Å². The summed E-state index contributed by atoms with van der Waals surface area (Å²) in [6.45, 7) is 0. The Morgan fingerprint density at radius 1 is 1.62 bits per heavy atom. The first-order valence-corrected chi connectivity index (χ1v) is 3.33. The Morgan fingerprint density at radius 2 is 2.31 bits per heavy atom. The van der Waals surface area contributed by atoms with Crippen LogP contribution in [-0.4, -0.2) is 11.3 Å². The van der Waals surface area contributed by atoms with Crippen LogP contribution in [0.3, 0.4) is 0 Å². The van der Waals surface area contributed by atoms with E-state index in [1.54, 1.807) is 0 Å². The highest BCUT2D eigenvalue weighted by atomic mass is 19.3. The lowest BCUT2D eigenvalue weighted by Gasteiger charge is -2.02. The van der Waals surface area contributed by atoms with Crippen molar-refractivity contribution in [1.82, 2.24) is 4.98 Å². The third-order valence-corrected chi connectivity index (χ3v) is 1.47. The monoisotopic (exact) mass is 182 g/mol. The van der Waals surface area contributed by atoms with Gasteiger partial charge in [0, 0.05) is 11.8 Å². The van der Waals surface area contributed by atoms with Crippen LogP contribution in [-0.2, 0) is 0 Å². The summed E-state index contributed by atoms with van der Waals surface area (Å²) < 4.78 is 24.5. The number of hydrogen-bond acceptors (Lipinski definition) is 3. The van der Waals surface area contributed by atoms with E-state index in [0.717, 1.165) is 12.3 Å². The lowest BCUT2D eigenvalue weighted by molar-refractivity contribution is 0.111. The third kappa shape index (κ3) is 1.67. The van der Waals surface area contributed by atoms with E-state index in [4.69, 9.17) is 5.26 Å². The fourth-order valence-electron chi connectivity index (χ4n) is 0.887. The molecule has 0 aliphatic carbocycles. The molecule has 0 unspecified atom stereocenters. The van der Waals surface area contributed by atoms with Gasteiger partial charge in [0.05, 0.1) is 5.56 Å². The second kappa shape index (κ2) is 3.72. The number of aldehydes is 1. The zero-order valence-corrected chi connectivity index (χ0v) is 6.37. The summed E-state index contributed by atoms with van der Waals surface area (Å²) in [5.41, 5.74) is -1.06. The van der Waals surface area contributed by atoms with Gasteiger partial charge in [0.2, 0.25) is 0 Å². The molecular weight excluding hydrogens is 178 g/mol. The molecule has 13 heavy (non-hydrogen) atoms. The number of alkyl halides is 2. The van der Waals surface area contributed by atoms with Crippen LogP contribution in [0.25, 0.3) is 0 Å². The third-order valence-electron chi connectivity index (χ3n) is 1.47. The number of halogens is 2. The smallest absolute Gasteiger partial charge is 0.265 e. The number of aromatic nitrogens is 1. The lowest BCUT2D eigenvalue weighted by Crippen LogP contribution is -1.98. The normalized spacial score (nSPS) is 9.69. The Balaban J connectivity index is 3.37. The van der Waals surface area contributed by atoms with Crippen molar-refractivity contribution < 1.29 is 13.6 Å². The number of carbonyl (C=O) groups is 1. The molecule has 0 atom stereocenters. The van der Waals surface area contributed by atoms with E-state index < -0.39 is 12.0 Å². The van der Waals surface area contributed by atoms with Crippen LogP contribution in [0, 0.1) is 11.3 Å². The summed E-state index contributed by atoms with van der Waals surface area (Å²) in [5, 5.41) is 8.50. The van der Waals surface area contributed by atoms with Crippen LogP contribution in [0.2, 0.25) is 0 Å². The minimum atomic E-state index is -2.77. The molecule has 0 N–H and O–H groups in total. The van der Waals surface area contributed by atoms with Gasteiger partial charge in [-0.05, 0) is 6.07 Å². The molecule has 66 valence electrons. The topological polar surface area (TPSA) is 53.8 Å². The molecule has 0 aliphatic rings. The van der Waals surface area contributed by atoms with Gasteiger partial charge in [-0.3, -0.25) is 9.78 Å². The van der Waals surface area contributed by atoms with Crippen molar-refractivity contribution in [2.24, 2.45) is 0 Å². The first-order valence-electron chi connectivity index (χ1n) is 3.33. The van der Waals surface area contributed by atoms with Gasteiger partial charge in [0.15, 0.2) is 6.29 Å². The van der Waals surface area contributed by atoms with E-state index in [1.165, 1.54) is 6.07 Å². The molecule has 3 nitrogen and oxygen atoms in total. The Morgan fingerprint density at radius 3 is 2.77 bits per heavy atom. The van der Waals surface area contributed by atoms with Gasteiger partial charge < -0.3 is 0 Å². The Hall–Kier alpha value is -1.83. The zero-order chi connectivity index (χ0) is 9.84. The minimum absolute atomic E-state index is 0.250. The highest BCUT2D eigenvalue weighted by Gasteiger charge is 2.16. The maximum atomic E-state index is 12.2. The molecule has 1 aromatic heterocycles. The summed E-state index contributed by atoms with van der Waals surface area (Å²) in [6.07, 6.45) is -1.41. The molecule has 1 heterocycles. The van der Waals surface area contributed by atoms with Crippen molar-refractivity contribution in [3.8, 4) is 6.07 Å². The molecule has 1 rings (SSSR count). The average molecular weight is 182 g/mol. The number of carbonyl (C=O) groups excluding carboxylic acids is 1. The minimum Gasteiger partial charge on any atom is -0.296 e. The Kier molecular flexibility index (Phi) is 2.65. The van der Waals surface area contributed by atoms with Crippen LogP contribution < -0.4 is 0 Å². The molecule has 0 saturated carbocycles. The second-order valence-corrected chi connectivity index (χ2v) is 2.19. The first kappa shape index (κ1) is 9.26. The van der Waals surface area contributed by atoms with Gasteiger partial charge in [-0.25, -0.2) is 8.78 Å². The van der Waals surface area contributed by atoms with Gasteiger partial charge in [-0.1, -0.05) is 0 Å². The maximum absolute atomic E-state index is 12.2. The summed E-state index contributed by atoms with van der Waals surface area (Å²) in [4.78, 5) is 13.8. The molecule has 5 heteroatoms. The average Bonchev–Trinajstić information content (AvgIpc) is 2.16. The molecule has 0 radical (unpaired) electrons. The molecule has 0 saturated heterocycles. The molecule has 0 fully saturated rings. The number of rotatable bonds is 2. The maximum Gasteiger partial charge on any atom is 0.265 e. The summed E-state index contributed by atoms with van der Waals surface area (Å²) in [6, 6.07) is 2.55. The molecular formula is C8H4F2N2O. The van der Waals surface area contributed by atoms with Gasteiger partial charge in [0.1, 0.15) is 11.8 Å². The zero-order valence-electron chi connectivity index (χ0n) is 6.37. The van der Waals surface area contributed by atoms with Crippen molar-refractivity contribution in [2.45, 2.75) is 6.43 Å². The Labute approximate surface area is 72.6 Å². The van der Waals surface area contributed by atoms with Crippen molar-refractivity contribution in [3.05, 3.63) is 29.1 Å². The number of hydrogen-bond donors (Lipinski definition) is 0. The highest BCUT2D eigenvalue weighted by Crippen LogP contribution is 2.22. The molecule has 0 amide bonds. The van der Waals surface area contributed by atoms with Crippen LogP contribution >= 0.6 is 0 Å². The Bertz CT molecular complexity index is 371. The molecule has 1 aromatic rings. The number of nitriles is 1. The van der Waals surface area contributed by atoms with Crippen molar-refractivity contribution in [1.29, 1.82) is 5.26 Å². The quantitative estimate of drug-likeness (QED) is 0.654. The summed E-state index contributed by atoms with van der Waals surface area (Å²) in [7, 11) is 0. The van der Waals surface area contributed by atoms with E-state index in [-0.39, 0.29) is 17.5 Å². The molecule has 0 aromatic carbocycles. The van der Waals surface area contributed by atoms with Crippen LogP contribution in [0.5, 0.6) is 0 Å². The standard InChI is InChI=1S/C8H4F2N2O/c9-8(10)5-1-2-12-7(4-13)6(5)3-11/h1-2,4,8H. The summed E-state index contributed by atoms with van der Waals surface area (Å²) >= 11 is 0. The van der Waals surface area contributed by atoms with Gasteiger partial charge in [-0.2, -0.15) is 5.26 Å². The lowest BCUT2D eigenvalue weighted by atomic mass is 10.1. The van der Waals surface area contributed by atoms with Gasteiger partial charge in [-0.15, -0.1) is 0 Å². The van der Waals surface area contributed by atoms with Crippen LogP contribution in [0.4, 0.5) is 8.78 Å². The van der Waals surface area contributed by atoms with E-state index in [0.29, 0.717) is 0 Å². The van der Waals surface area contributed by atoms with E-state index >= 15 is 0 Å². The molecule has 0 bridgehead atoms. The predicted octanol–water partition coefficient (Wildman–Crippen LogP) is 1.70. The van der Waals surface area contributed by atoms with Crippen molar-refractivity contribution in [3.63, 3.8) is 0 Å². The largest absolute Gasteiger partial charge is 0.296 e. The van der Waals surface area contributed by atoms with E-state index in [1.807, 2.05) is 0 Å². The van der Waals surface area contributed by atoms with Gasteiger partial charge >= 0.3 is 0 Å². The van der Waals surface area contributed by atoms with Crippen LogP contribution in [0.15, 0.2) is 12.3 Å². The highest BCUT2D eigenvalue weighted by molar-refractivity contribution is 5.77.